The molecule has 5 nitrogen and oxygen atoms in total. The van der Waals surface area contributed by atoms with Gasteiger partial charge in [-0.3, -0.25) is 0 Å². The zero-order valence-electron chi connectivity index (χ0n) is 11.3. The Kier molecular flexibility index (Phi) is 4.82. The van der Waals surface area contributed by atoms with Crippen molar-refractivity contribution in [3.05, 3.63) is 17.0 Å². The first-order chi connectivity index (χ1) is 9.40. The highest BCUT2D eigenvalue weighted by Gasteiger charge is 2.24. The summed E-state index contributed by atoms with van der Waals surface area (Å²) in [5.41, 5.74) is 0.0152. The predicted octanol–water partition coefficient (Wildman–Crippen LogP) is 2.55. The van der Waals surface area contributed by atoms with Crippen molar-refractivity contribution in [3.8, 4) is 0 Å². The molecule has 2 rings (SSSR count). The minimum absolute atomic E-state index is 0.0152. The van der Waals surface area contributed by atoms with Crippen LogP contribution in [0.5, 0.6) is 0 Å². The summed E-state index contributed by atoms with van der Waals surface area (Å²) in [4.78, 5) is 10.8. The number of nitrogens with one attached hydrogen (secondary N) is 1. The second-order valence-electron chi connectivity index (χ2n) is 5.33. The molecule has 1 fully saturated rings. The molecule has 0 spiro atoms. The SMILES string of the molecule is CC1CCCCC1CNS(=O)(=O)c1cc(C(=O)O)cs1. The number of hydrogen-bond acceptors (Lipinski definition) is 4. The monoisotopic (exact) mass is 317 g/mol. The molecule has 1 aromatic rings. The number of thiophene rings is 1. The van der Waals surface area contributed by atoms with Crippen molar-refractivity contribution in [3.63, 3.8) is 0 Å². The molecular formula is C13H19NO4S2. The first-order valence-electron chi connectivity index (χ1n) is 6.71. The molecule has 20 heavy (non-hydrogen) atoms. The number of aromatic carboxylic acids is 1. The largest absolute Gasteiger partial charge is 0.478 e. The Hall–Kier alpha value is -0.920. The molecule has 0 bridgehead atoms. The summed E-state index contributed by atoms with van der Waals surface area (Å²) in [5.74, 6) is -0.203. The first-order valence-corrected chi connectivity index (χ1v) is 9.08. The Morgan fingerprint density at radius 1 is 1.45 bits per heavy atom. The molecule has 0 amide bonds. The van der Waals surface area contributed by atoms with Crippen LogP contribution in [0.2, 0.25) is 0 Å². The molecule has 1 saturated carbocycles. The van der Waals surface area contributed by atoms with Gasteiger partial charge in [0.15, 0.2) is 0 Å². The number of hydrogen-bond donors (Lipinski definition) is 2. The van der Waals surface area contributed by atoms with Gasteiger partial charge in [-0.25, -0.2) is 17.9 Å². The highest BCUT2D eigenvalue weighted by Crippen LogP contribution is 2.29. The van der Waals surface area contributed by atoms with Crippen molar-refractivity contribution in [2.45, 2.75) is 36.8 Å². The van der Waals surface area contributed by atoms with E-state index in [1.165, 1.54) is 17.9 Å². The molecule has 2 N–H and O–H groups in total. The minimum Gasteiger partial charge on any atom is -0.478 e. The van der Waals surface area contributed by atoms with Gasteiger partial charge in [-0.05, 0) is 24.3 Å². The molecule has 0 radical (unpaired) electrons. The van der Waals surface area contributed by atoms with Crippen molar-refractivity contribution >= 4 is 27.3 Å². The molecule has 1 aliphatic carbocycles. The lowest BCUT2D eigenvalue weighted by atomic mass is 9.81. The molecule has 2 unspecified atom stereocenters. The van der Waals surface area contributed by atoms with Gasteiger partial charge < -0.3 is 5.11 Å². The fraction of sp³-hybridized carbons (Fsp3) is 0.615. The molecular weight excluding hydrogens is 298 g/mol. The van der Waals surface area contributed by atoms with Gasteiger partial charge in [0, 0.05) is 11.9 Å². The van der Waals surface area contributed by atoms with E-state index in [9.17, 15) is 13.2 Å². The van der Waals surface area contributed by atoms with Crippen molar-refractivity contribution < 1.29 is 18.3 Å². The third kappa shape index (κ3) is 3.59. The second kappa shape index (κ2) is 6.24. The van der Waals surface area contributed by atoms with Crippen LogP contribution in [0.1, 0.15) is 43.0 Å². The average Bonchev–Trinajstić information content (AvgIpc) is 2.88. The summed E-state index contributed by atoms with van der Waals surface area (Å²) >= 11 is 0.941. The van der Waals surface area contributed by atoms with Crippen LogP contribution in [0.3, 0.4) is 0 Å². The van der Waals surface area contributed by atoms with E-state index < -0.39 is 16.0 Å². The standard InChI is InChI=1S/C13H19NO4S2/c1-9-4-2-3-5-10(9)7-14-20(17,18)12-6-11(8-19-12)13(15)16/h6,8-10,14H,2-5,7H2,1H3,(H,15,16). The lowest BCUT2D eigenvalue weighted by Gasteiger charge is -2.28. The Labute approximate surface area is 123 Å². The maximum atomic E-state index is 12.1. The van der Waals surface area contributed by atoms with Crippen LogP contribution < -0.4 is 4.72 Å². The zero-order chi connectivity index (χ0) is 14.8. The van der Waals surface area contributed by atoms with Gasteiger partial charge in [0.2, 0.25) is 10.0 Å². The molecule has 1 heterocycles. The Morgan fingerprint density at radius 2 is 2.15 bits per heavy atom. The lowest BCUT2D eigenvalue weighted by molar-refractivity contribution is 0.0697. The molecule has 1 aliphatic rings. The fourth-order valence-electron chi connectivity index (χ4n) is 2.55. The van der Waals surface area contributed by atoms with E-state index in [1.54, 1.807) is 0 Å². The van der Waals surface area contributed by atoms with Crippen molar-refractivity contribution in [2.75, 3.05) is 6.54 Å². The maximum absolute atomic E-state index is 12.1. The number of carboxylic acid groups (broad SMARTS) is 1. The molecule has 7 heteroatoms. The summed E-state index contributed by atoms with van der Waals surface area (Å²) in [5, 5.41) is 10.2. The number of carbonyl (C=O) groups is 1. The van der Waals surface area contributed by atoms with Crippen LogP contribution in [-0.4, -0.2) is 26.0 Å². The molecule has 112 valence electrons. The van der Waals surface area contributed by atoms with E-state index >= 15 is 0 Å². The third-order valence-electron chi connectivity index (χ3n) is 3.91. The number of sulfonamides is 1. The van der Waals surface area contributed by atoms with Crippen molar-refractivity contribution in [2.24, 2.45) is 11.8 Å². The number of rotatable bonds is 5. The Bertz CT molecular complexity index is 579. The van der Waals surface area contributed by atoms with E-state index in [2.05, 4.69) is 11.6 Å². The summed E-state index contributed by atoms with van der Waals surface area (Å²) in [6, 6.07) is 1.21. The van der Waals surface area contributed by atoms with Crippen LogP contribution in [0.25, 0.3) is 0 Å². The maximum Gasteiger partial charge on any atom is 0.336 e. The first kappa shape index (κ1) is 15.5. The van der Waals surface area contributed by atoms with Crippen LogP contribution in [0, 0.1) is 11.8 Å². The van der Waals surface area contributed by atoms with Gasteiger partial charge in [0.25, 0.3) is 0 Å². The average molecular weight is 317 g/mol. The Balaban J connectivity index is 2.01. The van der Waals surface area contributed by atoms with Gasteiger partial charge in [-0.2, -0.15) is 0 Å². The van der Waals surface area contributed by atoms with Crippen molar-refractivity contribution in [1.82, 2.24) is 4.72 Å². The quantitative estimate of drug-likeness (QED) is 0.874. The van der Waals surface area contributed by atoms with Crippen LogP contribution >= 0.6 is 11.3 Å². The number of carboxylic acids is 1. The highest BCUT2D eigenvalue weighted by atomic mass is 32.2. The van der Waals surface area contributed by atoms with E-state index in [1.807, 2.05) is 0 Å². The highest BCUT2D eigenvalue weighted by molar-refractivity contribution is 7.91. The van der Waals surface area contributed by atoms with E-state index in [-0.39, 0.29) is 9.77 Å². The van der Waals surface area contributed by atoms with E-state index in [4.69, 9.17) is 5.11 Å². The van der Waals surface area contributed by atoms with E-state index in [0.717, 1.165) is 30.6 Å². The van der Waals surface area contributed by atoms with Gasteiger partial charge in [-0.1, -0.05) is 26.2 Å². The summed E-state index contributed by atoms with van der Waals surface area (Å²) in [7, 11) is -3.59. The minimum atomic E-state index is -3.59. The van der Waals surface area contributed by atoms with Gasteiger partial charge in [0.05, 0.1) is 5.56 Å². The van der Waals surface area contributed by atoms with Crippen molar-refractivity contribution in [1.29, 1.82) is 0 Å². The van der Waals surface area contributed by atoms with Gasteiger partial charge >= 0.3 is 5.97 Å². The topological polar surface area (TPSA) is 83.5 Å². The lowest BCUT2D eigenvalue weighted by Crippen LogP contribution is -2.33. The molecule has 0 aliphatic heterocycles. The second-order valence-corrected chi connectivity index (χ2v) is 8.24. The predicted molar refractivity (Wildman–Crippen MR) is 77.6 cm³/mol. The smallest absolute Gasteiger partial charge is 0.336 e. The third-order valence-corrected chi connectivity index (χ3v) is 6.78. The van der Waals surface area contributed by atoms with Gasteiger partial charge in [0.1, 0.15) is 4.21 Å². The normalized spacial score (nSPS) is 23.6. The molecule has 0 aromatic carbocycles. The molecule has 2 atom stereocenters. The summed E-state index contributed by atoms with van der Waals surface area (Å²) < 4.78 is 26.9. The summed E-state index contributed by atoms with van der Waals surface area (Å²) in [6.07, 6.45) is 4.57. The van der Waals surface area contributed by atoms with Crippen LogP contribution in [0.4, 0.5) is 0 Å². The van der Waals surface area contributed by atoms with Crippen LogP contribution in [0.15, 0.2) is 15.7 Å². The van der Waals surface area contributed by atoms with Crippen LogP contribution in [-0.2, 0) is 10.0 Å². The van der Waals surface area contributed by atoms with Gasteiger partial charge in [-0.15, -0.1) is 11.3 Å². The molecule has 1 aromatic heterocycles. The fourth-order valence-corrected chi connectivity index (χ4v) is 4.85. The van der Waals surface area contributed by atoms with E-state index in [0.29, 0.717) is 18.4 Å². The molecule has 0 saturated heterocycles. The summed E-state index contributed by atoms with van der Waals surface area (Å²) in [6.45, 7) is 2.59. The Morgan fingerprint density at radius 3 is 2.75 bits per heavy atom. The zero-order valence-corrected chi connectivity index (χ0v) is 13.0.